The molecule has 1 spiro atoms. The van der Waals surface area contributed by atoms with Crippen molar-refractivity contribution in [2.24, 2.45) is 17.1 Å². The fourth-order valence-corrected chi connectivity index (χ4v) is 5.24. The quantitative estimate of drug-likeness (QED) is 0.642. The average Bonchev–Trinajstić information content (AvgIpc) is 2.84. The van der Waals surface area contributed by atoms with Gasteiger partial charge in [0.2, 0.25) is 5.91 Å². The van der Waals surface area contributed by atoms with Gasteiger partial charge in [-0.3, -0.25) is 14.6 Å². The summed E-state index contributed by atoms with van der Waals surface area (Å²) in [6, 6.07) is 11.3. The fourth-order valence-electron chi connectivity index (χ4n) is 5.24. The van der Waals surface area contributed by atoms with E-state index in [1.165, 1.54) is 5.69 Å². The Morgan fingerprint density at radius 3 is 2.25 bits per heavy atom. The van der Waals surface area contributed by atoms with Crippen molar-refractivity contribution in [3.8, 4) is 0 Å². The first-order valence-electron chi connectivity index (χ1n) is 11.5. The number of nitrogens with zero attached hydrogens (tertiary/aromatic N) is 2. The number of nitrogens with one attached hydrogen (secondary N) is 1. The smallest absolute Gasteiger partial charge is 0.322 e. The Morgan fingerprint density at radius 1 is 1.03 bits per heavy atom. The van der Waals surface area contributed by atoms with Crippen LogP contribution in [-0.4, -0.2) is 41.1 Å². The van der Waals surface area contributed by atoms with Crippen molar-refractivity contribution in [1.29, 1.82) is 0 Å². The van der Waals surface area contributed by atoms with Crippen molar-refractivity contribution in [3.63, 3.8) is 0 Å². The van der Waals surface area contributed by atoms with E-state index in [2.05, 4.69) is 27.3 Å². The van der Waals surface area contributed by atoms with Crippen LogP contribution in [0.5, 0.6) is 0 Å². The van der Waals surface area contributed by atoms with Crippen LogP contribution in [0, 0.1) is 11.3 Å². The predicted molar refractivity (Wildman–Crippen MR) is 123 cm³/mol. The van der Waals surface area contributed by atoms with Gasteiger partial charge in [0, 0.05) is 37.1 Å². The summed E-state index contributed by atoms with van der Waals surface area (Å²) in [5.74, 6) is -1.30. The monoisotopic (exact) mass is 436 g/mol. The Hall–Kier alpha value is -2.93. The molecule has 1 aliphatic heterocycles. The van der Waals surface area contributed by atoms with Gasteiger partial charge >= 0.3 is 5.97 Å². The number of aromatic nitrogens is 1. The SMILES string of the molecule is N[C@H](C(=O)O)[C@@H](NC(=O)C1CCC2(CC1)CCN(c1ccncc1)CC2)c1ccccc1. The zero-order valence-corrected chi connectivity index (χ0v) is 18.3. The fraction of sp³-hybridized carbons (Fsp3) is 0.480. The maximum Gasteiger partial charge on any atom is 0.322 e. The van der Waals surface area contributed by atoms with Gasteiger partial charge in [-0.15, -0.1) is 0 Å². The second-order valence-electron chi connectivity index (χ2n) is 9.23. The number of carboxylic acids is 1. The third kappa shape index (κ3) is 4.93. The standard InChI is InChI=1S/C25H32N4O3/c26-21(24(31)32)22(18-4-2-1-3-5-18)28-23(30)19-6-10-25(11-7-19)12-16-29(17-13-25)20-8-14-27-15-9-20/h1-5,8-9,14-15,19,21-22H,6-7,10-13,16-17,26H2,(H,28,30)(H,31,32)/t21-,22-/m0/s1. The molecule has 1 saturated heterocycles. The highest BCUT2D eigenvalue weighted by Gasteiger charge is 2.40. The number of rotatable bonds is 6. The number of benzene rings is 1. The van der Waals surface area contributed by atoms with Crippen LogP contribution in [0.1, 0.15) is 50.1 Å². The van der Waals surface area contributed by atoms with E-state index in [-0.39, 0.29) is 11.8 Å². The molecule has 0 radical (unpaired) electrons. The maximum absolute atomic E-state index is 13.0. The Bertz CT molecular complexity index is 903. The molecule has 1 aliphatic carbocycles. The third-order valence-corrected chi connectivity index (χ3v) is 7.37. The van der Waals surface area contributed by atoms with E-state index in [0.717, 1.165) is 51.6 Å². The van der Waals surface area contributed by atoms with E-state index in [1.54, 1.807) is 12.1 Å². The van der Waals surface area contributed by atoms with Crippen molar-refractivity contribution in [1.82, 2.24) is 10.3 Å². The van der Waals surface area contributed by atoms with Gasteiger partial charge in [0.05, 0.1) is 6.04 Å². The number of hydrogen-bond acceptors (Lipinski definition) is 5. The Labute approximate surface area is 189 Å². The van der Waals surface area contributed by atoms with Gasteiger partial charge in [0.25, 0.3) is 0 Å². The maximum atomic E-state index is 13.0. The summed E-state index contributed by atoms with van der Waals surface area (Å²) in [5, 5.41) is 12.4. The number of carboxylic acid groups (broad SMARTS) is 1. The minimum Gasteiger partial charge on any atom is -0.480 e. The molecule has 4 rings (SSSR count). The van der Waals surface area contributed by atoms with Crippen LogP contribution in [0.2, 0.25) is 0 Å². The van der Waals surface area contributed by atoms with Crippen molar-refractivity contribution in [2.75, 3.05) is 18.0 Å². The van der Waals surface area contributed by atoms with Gasteiger partial charge in [0.15, 0.2) is 0 Å². The van der Waals surface area contributed by atoms with Crippen molar-refractivity contribution < 1.29 is 14.7 Å². The molecule has 2 heterocycles. The van der Waals surface area contributed by atoms with E-state index < -0.39 is 18.1 Å². The van der Waals surface area contributed by atoms with E-state index in [0.29, 0.717) is 11.0 Å². The molecule has 1 saturated carbocycles. The van der Waals surface area contributed by atoms with Gasteiger partial charge in [0.1, 0.15) is 6.04 Å². The Kier molecular flexibility index (Phi) is 6.74. The lowest BCUT2D eigenvalue weighted by Gasteiger charge is -2.46. The zero-order chi connectivity index (χ0) is 22.6. The Morgan fingerprint density at radius 2 is 1.66 bits per heavy atom. The van der Waals surface area contributed by atoms with Gasteiger partial charge < -0.3 is 21.1 Å². The first kappa shape index (κ1) is 22.3. The molecule has 7 heteroatoms. The lowest BCUT2D eigenvalue weighted by molar-refractivity contribution is -0.139. The van der Waals surface area contributed by atoms with Crippen LogP contribution >= 0.6 is 0 Å². The predicted octanol–water partition coefficient (Wildman–Crippen LogP) is 3.13. The van der Waals surface area contributed by atoms with Gasteiger partial charge in [-0.05, 0) is 61.6 Å². The number of carbonyl (C=O) groups excluding carboxylic acids is 1. The molecule has 1 aromatic heterocycles. The third-order valence-electron chi connectivity index (χ3n) is 7.37. The molecule has 1 aromatic carbocycles. The first-order valence-corrected chi connectivity index (χ1v) is 11.5. The largest absolute Gasteiger partial charge is 0.480 e. The molecule has 2 atom stereocenters. The number of aliphatic carboxylic acids is 1. The summed E-state index contributed by atoms with van der Waals surface area (Å²) in [6.45, 7) is 2.06. The number of anilines is 1. The molecule has 32 heavy (non-hydrogen) atoms. The summed E-state index contributed by atoms with van der Waals surface area (Å²) in [6.07, 6.45) is 9.70. The lowest BCUT2D eigenvalue weighted by atomic mass is 9.65. The summed E-state index contributed by atoms with van der Waals surface area (Å²) < 4.78 is 0. The van der Waals surface area contributed by atoms with Crippen LogP contribution in [0.25, 0.3) is 0 Å². The molecule has 4 N–H and O–H groups in total. The van der Waals surface area contributed by atoms with Gasteiger partial charge in [-0.25, -0.2) is 0 Å². The molecule has 2 aliphatic rings. The van der Waals surface area contributed by atoms with Crippen LogP contribution in [0.3, 0.4) is 0 Å². The summed E-state index contributed by atoms with van der Waals surface area (Å²) in [4.78, 5) is 31.1. The molecular weight excluding hydrogens is 404 g/mol. The number of piperidine rings is 1. The van der Waals surface area contributed by atoms with E-state index >= 15 is 0 Å². The summed E-state index contributed by atoms with van der Waals surface area (Å²) >= 11 is 0. The molecule has 0 unspecified atom stereocenters. The molecule has 7 nitrogen and oxygen atoms in total. The van der Waals surface area contributed by atoms with E-state index in [4.69, 9.17) is 5.73 Å². The minimum absolute atomic E-state index is 0.0837. The zero-order valence-electron chi connectivity index (χ0n) is 18.3. The molecule has 2 fully saturated rings. The van der Waals surface area contributed by atoms with Gasteiger partial charge in [-0.1, -0.05) is 30.3 Å². The number of amides is 1. The summed E-state index contributed by atoms with van der Waals surface area (Å²) in [7, 11) is 0. The number of nitrogens with two attached hydrogens (primary N) is 1. The molecular formula is C25H32N4O3. The second-order valence-corrected chi connectivity index (χ2v) is 9.23. The van der Waals surface area contributed by atoms with Crippen LogP contribution in [0.15, 0.2) is 54.9 Å². The minimum atomic E-state index is -1.19. The van der Waals surface area contributed by atoms with Crippen molar-refractivity contribution in [2.45, 2.75) is 50.6 Å². The molecule has 1 amide bonds. The number of hydrogen-bond donors (Lipinski definition) is 3. The average molecular weight is 437 g/mol. The van der Waals surface area contributed by atoms with Crippen LogP contribution < -0.4 is 16.0 Å². The first-order chi connectivity index (χ1) is 15.5. The van der Waals surface area contributed by atoms with Crippen LogP contribution in [0.4, 0.5) is 5.69 Å². The highest BCUT2D eigenvalue weighted by molar-refractivity contribution is 5.81. The normalized spacial score (nSPS) is 20.5. The molecule has 170 valence electrons. The van der Waals surface area contributed by atoms with E-state index in [1.807, 2.05) is 30.6 Å². The van der Waals surface area contributed by atoms with Crippen molar-refractivity contribution in [3.05, 3.63) is 60.4 Å². The number of carbonyl (C=O) groups is 2. The highest BCUT2D eigenvalue weighted by atomic mass is 16.4. The van der Waals surface area contributed by atoms with Crippen molar-refractivity contribution >= 4 is 17.6 Å². The molecule has 0 bridgehead atoms. The lowest BCUT2D eigenvalue weighted by Crippen LogP contribution is -2.48. The summed E-state index contributed by atoms with van der Waals surface area (Å²) in [5.41, 5.74) is 8.18. The molecule has 2 aromatic rings. The van der Waals surface area contributed by atoms with Crippen LogP contribution in [-0.2, 0) is 9.59 Å². The Balaban J connectivity index is 1.33. The topological polar surface area (TPSA) is 109 Å². The highest BCUT2D eigenvalue weighted by Crippen LogP contribution is 2.47. The number of pyridine rings is 1. The van der Waals surface area contributed by atoms with E-state index in [9.17, 15) is 14.7 Å². The second kappa shape index (κ2) is 9.69. The van der Waals surface area contributed by atoms with Gasteiger partial charge in [-0.2, -0.15) is 0 Å².